The van der Waals surface area contributed by atoms with Gasteiger partial charge in [-0.05, 0) is 24.5 Å². The van der Waals surface area contributed by atoms with E-state index in [1.807, 2.05) is 12.1 Å². The summed E-state index contributed by atoms with van der Waals surface area (Å²) >= 11 is 0. The van der Waals surface area contributed by atoms with E-state index < -0.39 is 0 Å². The summed E-state index contributed by atoms with van der Waals surface area (Å²) in [5, 5.41) is 0. The van der Waals surface area contributed by atoms with E-state index >= 15 is 0 Å². The van der Waals surface area contributed by atoms with Gasteiger partial charge in [-0.2, -0.15) is 0 Å². The van der Waals surface area contributed by atoms with Crippen LogP contribution in [0.3, 0.4) is 0 Å². The number of ether oxygens (including phenoxy) is 2. The van der Waals surface area contributed by atoms with E-state index in [1.54, 1.807) is 6.26 Å². The summed E-state index contributed by atoms with van der Waals surface area (Å²) in [7, 11) is 0. The van der Waals surface area contributed by atoms with Crippen LogP contribution in [0.4, 0.5) is 0 Å². The van der Waals surface area contributed by atoms with Gasteiger partial charge in [0.15, 0.2) is 0 Å². The quantitative estimate of drug-likeness (QED) is 0.621. The predicted molar refractivity (Wildman–Crippen MR) is 58.6 cm³/mol. The lowest BCUT2D eigenvalue weighted by molar-refractivity contribution is 0.0317. The molecule has 0 N–H and O–H groups in total. The minimum atomic E-state index is 0.528. The van der Waals surface area contributed by atoms with Crippen LogP contribution in [0.15, 0.2) is 22.8 Å². The minimum Gasteiger partial charge on any atom is -0.467 e. The van der Waals surface area contributed by atoms with Crippen LogP contribution in [-0.2, 0) is 16.1 Å². The molecule has 0 aliphatic rings. The van der Waals surface area contributed by atoms with Crippen molar-refractivity contribution in [3.8, 4) is 0 Å². The summed E-state index contributed by atoms with van der Waals surface area (Å²) in [6.45, 7) is 7.02. The minimum absolute atomic E-state index is 0.528. The zero-order chi connectivity index (χ0) is 10.9. The molecule has 3 heteroatoms. The molecule has 3 nitrogen and oxygen atoms in total. The Bertz CT molecular complexity index is 229. The van der Waals surface area contributed by atoms with Gasteiger partial charge in [-0.3, -0.25) is 0 Å². The first kappa shape index (κ1) is 12.3. The highest BCUT2D eigenvalue weighted by atomic mass is 16.5. The van der Waals surface area contributed by atoms with Gasteiger partial charge < -0.3 is 13.9 Å². The molecule has 0 bridgehead atoms. The monoisotopic (exact) mass is 212 g/mol. The second-order valence-electron chi connectivity index (χ2n) is 3.93. The Morgan fingerprint density at radius 1 is 1.20 bits per heavy atom. The van der Waals surface area contributed by atoms with E-state index in [1.165, 1.54) is 0 Å². The fraction of sp³-hybridized carbons (Fsp3) is 0.667. The Morgan fingerprint density at radius 2 is 2.00 bits per heavy atom. The summed E-state index contributed by atoms with van der Waals surface area (Å²) in [5.74, 6) is 1.56. The predicted octanol–water partition coefficient (Wildman–Crippen LogP) is 2.86. The lowest BCUT2D eigenvalue weighted by atomic mass is 10.1. The highest BCUT2D eigenvalue weighted by Crippen LogP contribution is 2.02. The molecule has 0 amide bonds. The molecule has 0 radical (unpaired) electrons. The van der Waals surface area contributed by atoms with E-state index in [0.717, 1.165) is 18.8 Å². The third-order valence-electron chi connectivity index (χ3n) is 2.04. The van der Waals surface area contributed by atoms with Crippen LogP contribution in [-0.4, -0.2) is 19.8 Å². The van der Waals surface area contributed by atoms with Crippen LogP contribution in [0.2, 0.25) is 0 Å². The molecule has 0 spiro atoms. The van der Waals surface area contributed by atoms with Gasteiger partial charge in [0.1, 0.15) is 12.4 Å². The molecule has 15 heavy (non-hydrogen) atoms. The van der Waals surface area contributed by atoms with Gasteiger partial charge in [0.25, 0.3) is 0 Å². The molecule has 0 aliphatic heterocycles. The SMILES string of the molecule is CC(C)CCOCCOCc1ccco1. The molecule has 1 rings (SSSR count). The lowest BCUT2D eigenvalue weighted by Crippen LogP contribution is -2.06. The van der Waals surface area contributed by atoms with Crippen molar-refractivity contribution in [1.29, 1.82) is 0 Å². The summed E-state index contributed by atoms with van der Waals surface area (Å²) < 4.78 is 15.9. The van der Waals surface area contributed by atoms with Crippen molar-refractivity contribution < 1.29 is 13.9 Å². The summed E-state index contributed by atoms with van der Waals surface area (Å²) in [5.41, 5.74) is 0. The van der Waals surface area contributed by atoms with Gasteiger partial charge >= 0.3 is 0 Å². The van der Waals surface area contributed by atoms with E-state index in [4.69, 9.17) is 13.9 Å². The van der Waals surface area contributed by atoms with E-state index in [9.17, 15) is 0 Å². The maximum absolute atomic E-state index is 5.41. The standard InChI is InChI=1S/C12H20O3/c1-11(2)5-7-13-8-9-14-10-12-4-3-6-15-12/h3-4,6,11H,5,7-10H2,1-2H3. The van der Waals surface area contributed by atoms with Crippen molar-refractivity contribution in [2.24, 2.45) is 5.92 Å². The molecule has 0 atom stereocenters. The Kier molecular flexibility index (Phi) is 6.12. The summed E-state index contributed by atoms with van der Waals surface area (Å²) in [6.07, 6.45) is 2.76. The molecule has 0 aromatic carbocycles. The normalized spacial score (nSPS) is 11.1. The Hall–Kier alpha value is -0.800. The molecule has 0 saturated heterocycles. The Morgan fingerprint density at radius 3 is 2.67 bits per heavy atom. The van der Waals surface area contributed by atoms with Crippen LogP contribution in [0.5, 0.6) is 0 Å². The molecule has 1 heterocycles. The van der Waals surface area contributed by atoms with Gasteiger partial charge in [-0.15, -0.1) is 0 Å². The first-order chi connectivity index (χ1) is 7.29. The topological polar surface area (TPSA) is 31.6 Å². The Labute approximate surface area is 91.4 Å². The third-order valence-corrected chi connectivity index (χ3v) is 2.04. The van der Waals surface area contributed by atoms with Crippen LogP contribution < -0.4 is 0 Å². The van der Waals surface area contributed by atoms with E-state index in [0.29, 0.717) is 25.7 Å². The Balaban J connectivity index is 1.85. The van der Waals surface area contributed by atoms with Gasteiger partial charge in [-0.1, -0.05) is 13.8 Å². The van der Waals surface area contributed by atoms with Crippen molar-refractivity contribution in [3.05, 3.63) is 24.2 Å². The summed E-state index contributed by atoms with van der Waals surface area (Å²) in [4.78, 5) is 0. The molecule has 0 unspecified atom stereocenters. The lowest BCUT2D eigenvalue weighted by Gasteiger charge is -2.06. The number of furan rings is 1. The van der Waals surface area contributed by atoms with Crippen LogP contribution in [0, 0.1) is 5.92 Å². The van der Waals surface area contributed by atoms with Crippen molar-refractivity contribution in [3.63, 3.8) is 0 Å². The molecular weight excluding hydrogens is 192 g/mol. The van der Waals surface area contributed by atoms with E-state index in [-0.39, 0.29) is 0 Å². The number of rotatable bonds is 8. The zero-order valence-corrected chi connectivity index (χ0v) is 9.57. The van der Waals surface area contributed by atoms with Gasteiger partial charge in [0, 0.05) is 6.61 Å². The molecule has 86 valence electrons. The van der Waals surface area contributed by atoms with Crippen LogP contribution in [0.1, 0.15) is 26.0 Å². The molecule has 1 aromatic heterocycles. The van der Waals surface area contributed by atoms with Gasteiger partial charge in [0.2, 0.25) is 0 Å². The maximum Gasteiger partial charge on any atom is 0.129 e. The van der Waals surface area contributed by atoms with Crippen molar-refractivity contribution >= 4 is 0 Å². The molecule has 1 aromatic rings. The second-order valence-corrected chi connectivity index (χ2v) is 3.93. The largest absolute Gasteiger partial charge is 0.467 e. The summed E-state index contributed by atoms with van der Waals surface area (Å²) in [6, 6.07) is 3.76. The van der Waals surface area contributed by atoms with Gasteiger partial charge in [0.05, 0.1) is 19.5 Å². The molecule has 0 saturated carbocycles. The molecule has 0 aliphatic carbocycles. The highest BCUT2D eigenvalue weighted by molar-refractivity contribution is 4.95. The first-order valence-electron chi connectivity index (χ1n) is 5.47. The molecular formula is C12H20O3. The van der Waals surface area contributed by atoms with Crippen molar-refractivity contribution in [2.45, 2.75) is 26.9 Å². The second kappa shape index (κ2) is 7.49. The van der Waals surface area contributed by atoms with Crippen LogP contribution >= 0.6 is 0 Å². The fourth-order valence-corrected chi connectivity index (χ4v) is 1.11. The third kappa shape index (κ3) is 6.31. The fourth-order valence-electron chi connectivity index (χ4n) is 1.11. The average Bonchev–Trinajstić information content (AvgIpc) is 2.68. The van der Waals surface area contributed by atoms with Gasteiger partial charge in [-0.25, -0.2) is 0 Å². The average molecular weight is 212 g/mol. The van der Waals surface area contributed by atoms with Crippen molar-refractivity contribution in [1.82, 2.24) is 0 Å². The number of hydrogen-bond donors (Lipinski definition) is 0. The van der Waals surface area contributed by atoms with E-state index in [2.05, 4.69) is 13.8 Å². The number of hydrogen-bond acceptors (Lipinski definition) is 3. The zero-order valence-electron chi connectivity index (χ0n) is 9.57. The van der Waals surface area contributed by atoms with Crippen molar-refractivity contribution in [2.75, 3.05) is 19.8 Å². The smallest absolute Gasteiger partial charge is 0.129 e. The highest BCUT2D eigenvalue weighted by Gasteiger charge is 1.96. The van der Waals surface area contributed by atoms with Crippen LogP contribution in [0.25, 0.3) is 0 Å². The first-order valence-corrected chi connectivity index (χ1v) is 5.47. The molecule has 0 fully saturated rings. The maximum atomic E-state index is 5.41.